The highest BCUT2D eigenvalue weighted by Gasteiger charge is 2.15. The molecule has 2 aromatic carbocycles. The molecular formula is C16H14BrNO3. The Balaban J connectivity index is 2.34. The van der Waals surface area contributed by atoms with Crippen molar-refractivity contribution < 1.29 is 14.7 Å². The molecule has 2 rings (SSSR count). The maximum Gasteiger partial charge on any atom is 0.337 e. The second-order valence-electron chi connectivity index (χ2n) is 4.79. The number of rotatable bonds is 3. The molecule has 0 aliphatic carbocycles. The van der Waals surface area contributed by atoms with Crippen molar-refractivity contribution in [2.45, 2.75) is 13.8 Å². The van der Waals surface area contributed by atoms with Crippen molar-refractivity contribution in [1.29, 1.82) is 0 Å². The van der Waals surface area contributed by atoms with Gasteiger partial charge >= 0.3 is 5.97 Å². The lowest BCUT2D eigenvalue weighted by molar-refractivity contribution is 0.0698. The van der Waals surface area contributed by atoms with Crippen LogP contribution in [-0.2, 0) is 0 Å². The molecule has 1 amide bonds. The fraction of sp³-hybridized carbons (Fsp3) is 0.125. The SMILES string of the molecule is Cc1ccc(C(=O)Nc2ccc(C)cc2C(=O)O)c(Br)c1. The summed E-state index contributed by atoms with van der Waals surface area (Å²) in [5, 5.41) is 11.8. The number of hydrogen-bond donors (Lipinski definition) is 2. The summed E-state index contributed by atoms with van der Waals surface area (Å²) >= 11 is 3.34. The van der Waals surface area contributed by atoms with Crippen LogP contribution in [0.1, 0.15) is 31.8 Å². The summed E-state index contributed by atoms with van der Waals surface area (Å²) in [5.74, 6) is -1.43. The Morgan fingerprint density at radius 2 is 1.62 bits per heavy atom. The van der Waals surface area contributed by atoms with Crippen LogP contribution in [0.4, 0.5) is 5.69 Å². The zero-order chi connectivity index (χ0) is 15.6. The van der Waals surface area contributed by atoms with Gasteiger partial charge in [-0.05, 0) is 59.6 Å². The molecule has 0 aromatic heterocycles. The number of amides is 1. The minimum atomic E-state index is -1.07. The summed E-state index contributed by atoms with van der Waals surface area (Å²) in [5.41, 5.74) is 2.66. The van der Waals surface area contributed by atoms with Crippen LogP contribution in [0.3, 0.4) is 0 Å². The normalized spacial score (nSPS) is 10.2. The molecule has 108 valence electrons. The van der Waals surface area contributed by atoms with Crippen LogP contribution >= 0.6 is 15.9 Å². The van der Waals surface area contributed by atoms with Crippen molar-refractivity contribution in [2.75, 3.05) is 5.32 Å². The fourth-order valence-corrected chi connectivity index (χ4v) is 2.61. The van der Waals surface area contributed by atoms with E-state index < -0.39 is 5.97 Å². The van der Waals surface area contributed by atoms with Crippen LogP contribution in [0.2, 0.25) is 0 Å². The van der Waals surface area contributed by atoms with Crippen LogP contribution in [0.15, 0.2) is 40.9 Å². The average Bonchev–Trinajstić information content (AvgIpc) is 2.40. The molecule has 0 saturated carbocycles. The monoisotopic (exact) mass is 347 g/mol. The van der Waals surface area contributed by atoms with E-state index in [9.17, 15) is 14.7 Å². The molecule has 4 nitrogen and oxygen atoms in total. The Hall–Kier alpha value is -2.14. The van der Waals surface area contributed by atoms with Gasteiger partial charge in [0.1, 0.15) is 0 Å². The Morgan fingerprint density at radius 1 is 1.00 bits per heavy atom. The maximum absolute atomic E-state index is 12.3. The lowest BCUT2D eigenvalue weighted by Gasteiger charge is -2.10. The van der Waals surface area contributed by atoms with Gasteiger partial charge in [-0.25, -0.2) is 4.79 Å². The quantitative estimate of drug-likeness (QED) is 0.881. The predicted octanol–water partition coefficient (Wildman–Crippen LogP) is 4.02. The molecule has 5 heteroatoms. The average molecular weight is 348 g/mol. The first-order valence-electron chi connectivity index (χ1n) is 6.30. The largest absolute Gasteiger partial charge is 0.478 e. The molecule has 2 aromatic rings. The van der Waals surface area contributed by atoms with E-state index in [2.05, 4.69) is 21.2 Å². The molecule has 0 radical (unpaired) electrons. The van der Waals surface area contributed by atoms with Crippen molar-refractivity contribution in [3.05, 3.63) is 63.1 Å². The molecule has 2 N–H and O–H groups in total. The van der Waals surface area contributed by atoms with E-state index in [1.165, 1.54) is 6.07 Å². The summed E-state index contributed by atoms with van der Waals surface area (Å²) < 4.78 is 0.670. The van der Waals surface area contributed by atoms with Gasteiger partial charge in [-0.15, -0.1) is 0 Å². The van der Waals surface area contributed by atoms with Crippen molar-refractivity contribution in [3.8, 4) is 0 Å². The number of aryl methyl sites for hydroxylation is 2. The Bertz CT molecular complexity index is 725. The minimum absolute atomic E-state index is 0.0755. The molecule has 0 unspecified atom stereocenters. The third-order valence-corrected chi connectivity index (χ3v) is 3.68. The van der Waals surface area contributed by atoms with E-state index in [1.54, 1.807) is 25.1 Å². The van der Waals surface area contributed by atoms with E-state index in [1.807, 2.05) is 19.1 Å². The number of aromatic carboxylic acids is 1. The van der Waals surface area contributed by atoms with Crippen molar-refractivity contribution in [1.82, 2.24) is 0 Å². The Kier molecular flexibility index (Phi) is 4.43. The van der Waals surface area contributed by atoms with Crippen LogP contribution in [0.25, 0.3) is 0 Å². The van der Waals surface area contributed by atoms with Crippen molar-refractivity contribution in [2.24, 2.45) is 0 Å². The second-order valence-corrected chi connectivity index (χ2v) is 5.65. The molecule has 0 atom stereocenters. The van der Waals surface area contributed by atoms with Gasteiger partial charge in [0.2, 0.25) is 0 Å². The van der Waals surface area contributed by atoms with Gasteiger partial charge < -0.3 is 10.4 Å². The number of nitrogens with one attached hydrogen (secondary N) is 1. The highest BCUT2D eigenvalue weighted by molar-refractivity contribution is 9.10. The van der Waals surface area contributed by atoms with Gasteiger partial charge in [-0.2, -0.15) is 0 Å². The lowest BCUT2D eigenvalue weighted by Crippen LogP contribution is -2.15. The van der Waals surface area contributed by atoms with Crippen LogP contribution < -0.4 is 5.32 Å². The highest BCUT2D eigenvalue weighted by atomic mass is 79.9. The first-order chi connectivity index (χ1) is 9.88. The topological polar surface area (TPSA) is 66.4 Å². The number of carbonyl (C=O) groups is 2. The Labute approximate surface area is 130 Å². The molecular weight excluding hydrogens is 334 g/mol. The van der Waals surface area contributed by atoms with Gasteiger partial charge in [0.15, 0.2) is 0 Å². The molecule has 0 aliphatic heterocycles. The third kappa shape index (κ3) is 3.49. The summed E-state index contributed by atoms with van der Waals surface area (Å²) in [4.78, 5) is 23.5. The van der Waals surface area contributed by atoms with E-state index in [-0.39, 0.29) is 17.2 Å². The summed E-state index contributed by atoms with van der Waals surface area (Å²) in [6, 6.07) is 10.2. The zero-order valence-electron chi connectivity index (χ0n) is 11.6. The van der Waals surface area contributed by atoms with Crippen LogP contribution in [-0.4, -0.2) is 17.0 Å². The predicted molar refractivity (Wildman–Crippen MR) is 85.0 cm³/mol. The zero-order valence-corrected chi connectivity index (χ0v) is 13.2. The van der Waals surface area contributed by atoms with E-state index >= 15 is 0 Å². The van der Waals surface area contributed by atoms with Crippen LogP contribution in [0, 0.1) is 13.8 Å². The van der Waals surface area contributed by atoms with Gasteiger partial charge in [-0.3, -0.25) is 4.79 Å². The number of carbonyl (C=O) groups excluding carboxylic acids is 1. The molecule has 0 spiro atoms. The molecule has 0 bridgehead atoms. The van der Waals surface area contributed by atoms with Crippen LogP contribution in [0.5, 0.6) is 0 Å². The molecule has 0 heterocycles. The number of hydrogen-bond acceptors (Lipinski definition) is 2. The molecule has 21 heavy (non-hydrogen) atoms. The summed E-state index contributed by atoms with van der Waals surface area (Å²) in [6.45, 7) is 3.73. The first-order valence-corrected chi connectivity index (χ1v) is 7.09. The minimum Gasteiger partial charge on any atom is -0.478 e. The Morgan fingerprint density at radius 3 is 2.24 bits per heavy atom. The molecule has 0 aliphatic rings. The first kappa shape index (κ1) is 15.3. The van der Waals surface area contributed by atoms with Gasteiger partial charge in [0, 0.05) is 4.47 Å². The molecule has 0 fully saturated rings. The van der Waals surface area contributed by atoms with Gasteiger partial charge in [0.25, 0.3) is 5.91 Å². The fourth-order valence-electron chi connectivity index (χ4n) is 1.94. The standard InChI is InChI=1S/C16H14BrNO3/c1-9-4-6-14(12(7-9)16(20)21)18-15(19)11-5-3-10(2)8-13(11)17/h3-8H,1-2H3,(H,18,19)(H,20,21). The number of carboxylic acid groups (broad SMARTS) is 1. The maximum atomic E-state index is 12.3. The van der Waals surface area contributed by atoms with E-state index in [0.717, 1.165) is 11.1 Å². The molecule has 0 saturated heterocycles. The highest BCUT2D eigenvalue weighted by Crippen LogP contribution is 2.22. The number of benzene rings is 2. The van der Waals surface area contributed by atoms with Gasteiger partial charge in [0.05, 0.1) is 16.8 Å². The van der Waals surface area contributed by atoms with Crippen molar-refractivity contribution in [3.63, 3.8) is 0 Å². The number of carboxylic acids is 1. The smallest absolute Gasteiger partial charge is 0.337 e. The number of anilines is 1. The lowest BCUT2D eigenvalue weighted by atomic mass is 10.1. The van der Waals surface area contributed by atoms with E-state index in [0.29, 0.717) is 10.0 Å². The summed E-state index contributed by atoms with van der Waals surface area (Å²) in [7, 11) is 0. The second kappa shape index (κ2) is 6.10. The van der Waals surface area contributed by atoms with Gasteiger partial charge in [-0.1, -0.05) is 17.7 Å². The summed E-state index contributed by atoms with van der Waals surface area (Å²) in [6.07, 6.45) is 0. The number of halogens is 1. The van der Waals surface area contributed by atoms with Crippen molar-refractivity contribution >= 4 is 33.5 Å². The third-order valence-electron chi connectivity index (χ3n) is 3.02. The van der Waals surface area contributed by atoms with E-state index in [4.69, 9.17) is 0 Å².